The molecule has 0 spiro atoms. The molecule has 1 heterocycles. The Balaban J connectivity index is 1.55. The van der Waals surface area contributed by atoms with Crippen LogP contribution in [0.1, 0.15) is 16.7 Å². The molecular formula is C18H17FN2OS. The van der Waals surface area contributed by atoms with Crippen LogP contribution in [0.25, 0.3) is 11.3 Å². The van der Waals surface area contributed by atoms with Crippen molar-refractivity contribution in [3.63, 3.8) is 0 Å². The van der Waals surface area contributed by atoms with Crippen molar-refractivity contribution in [2.24, 2.45) is 0 Å². The molecule has 0 aliphatic heterocycles. The van der Waals surface area contributed by atoms with E-state index in [4.69, 9.17) is 0 Å². The average Bonchev–Trinajstić information content (AvgIpc) is 3.05. The number of benzene rings is 2. The van der Waals surface area contributed by atoms with E-state index in [0.717, 1.165) is 16.3 Å². The summed E-state index contributed by atoms with van der Waals surface area (Å²) in [6.07, 6.45) is -0.871. The molecule has 3 aromatic rings. The highest BCUT2D eigenvalue weighted by Crippen LogP contribution is 2.21. The summed E-state index contributed by atoms with van der Waals surface area (Å²) < 4.78 is 13.6. The second kappa shape index (κ2) is 7.46. The monoisotopic (exact) mass is 328 g/mol. The van der Waals surface area contributed by atoms with Crippen LogP contribution in [-0.2, 0) is 6.54 Å². The molecule has 0 radical (unpaired) electrons. The van der Waals surface area contributed by atoms with E-state index in [1.165, 1.54) is 6.07 Å². The molecule has 0 amide bonds. The summed E-state index contributed by atoms with van der Waals surface area (Å²) in [5.41, 5.74) is 2.34. The first kappa shape index (κ1) is 15.8. The van der Waals surface area contributed by atoms with Crippen molar-refractivity contribution in [3.05, 3.63) is 76.4 Å². The highest BCUT2D eigenvalue weighted by Gasteiger charge is 2.12. The smallest absolute Gasteiger partial charge is 0.129 e. The minimum absolute atomic E-state index is 0.279. The predicted octanol–water partition coefficient (Wildman–Crippen LogP) is 3.77. The fourth-order valence-electron chi connectivity index (χ4n) is 2.30. The highest BCUT2D eigenvalue weighted by atomic mass is 32.1. The molecule has 2 N–H and O–H groups in total. The van der Waals surface area contributed by atoms with Gasteiger partial charge in [-0.2, -0.15) is 0 Å². The van der Waals surface area contributed by atoms with Crippen molar-refractivity contribution in [1.82, 2.24) is 10.3 Å². The van der Waals surface area contributed by atoms with Crippen LogP contribution in [0.15, 0.2) is 60.0 Å². The van der Waals surface area contributed by atoms with Crippen LogP contribution in [0.2, 0.25) is 0 Å². The van der Waals surface area contributed by atoms with Crippen LogP contribution in [0.5, 0.6) is 0 Å². The lowest BCUT2D eigenvalue weighted by Crippen LogP contribution is -2.21. The van der Waals surface area contributed by atoms with Crippen molar-refractivity contribution >= 4 is 11.3 Å². The van der Waals surface area contributed by atoms with Gasteiger partial charge in [-0.05, 0) is 6.07 Å². The van der Waals surface area contributed by atoms with Crippen molar-refractivity contribution in [2.45, 2.75) is 12.6 Å². The summed E-state index contributed by atoms with van der Waals surface area (Å²) in [5.74, 6) is -0.387. The lowest BCUT2D eigenvalue weighted by Gasteiger charge is -2.12. The molecular weight excluding hydrogens is 311 g/mol. The maximum atomic E-state index is 13.6. The molecule has 0 aliphatic carbocycles. The minimum Gasteiger partial charge on any atom is -0.387 e. The van der Waals surface area contributed by atoms with Crippen LogP contribution in [-0.4, -0.2) is 16.6 Å². The SMILES string of the molecule is OC(CNCc1nc(-c2ccccc2)cs1)c1ccccc1F. The molecule has 118 valence electrons. The first-order valence-electron chi connectivity index (χ1n) is 7.37. The van der Waals surface area contributed by atoms with Crippen LogP contribution < -0.4 is 5.32 Å². The van der Waals surface area contributed by atoms with Crippen molar-refractivity contribution in [3.8, 4) is 11.3 Å². The summed E-state index contributed by atoms with van der Waals surface area (Å²) >= 11 is 1.57. The molecule has 23 heavy (non-hydrogen) atoms. The molecule has 0 saturated carbocycles. The van der Waals surface area contributed by atoms with E-state index in [1.54, 1.807) is 29.5 Å². The highest BCUT2D eigenvalue weighted by molar-refractivity contribution is 7.09. The van der Waals surface area contributed by atoms with Crippen LogP contribution >= 0.6 is 11.3 Å². The van der Waals surface area contributed by atoms with Gasteiger partial charge in [-0.15, -0.1) is 11.3 Å². The molecule has 5 heteroatoms. The van der Waals surface area contributed by atoms with E-state index in [9.17, 15) is 9.50 Å². The largest absolute Gasteiger partial charge is 0.387 e. The molecule has 0 aliphatic rings. The number of hydrogen-bond donors (Lipinski definition) is 2. The number of nitrogens with zero attached hydrogens (tertiary/aromatic N) is 1. The number of thiazole rings is 1. The van der Waals surface area contributed by atoms with Gasteiger partial charge in [0, 0.05) is 29.6 Å². The van der Waals surface area contributed by atoms with Crippen LogP contribution in [0, 0.1) is 5.82 Å². The Morgan fingerprint density at radius 2 is 1.83 bits per heavy atom. The first-order valence-corrected chi connectivity index (χ1v) is 8.25. The third kappa shape index (κ3) is 4.01. The summed E-state index contributed by atoms with van der Waals surface area (Å²) in [5, 5.41) is 16.1. The number of hydrogen-bond acceptors (Lipinski definition) is 4. The molecule has 2 aromatic carbocycles. The number of aliphatic hydroxyl groups is 1. The zero-order chi connectivity index (χ0) is 16.1. The van der Waals surface area contributed by atoms with Crippen molar-refractivity contribution in [1.29, 1.82) is 0 Å². The summed E-state index contributed by atoms with van der Waals surface area (Å²) in [6.45, 7) is 0.824. The average molecular weight is 328 g/mol. The molecule has 0 bridgehead atoms. The Kier molecular flexibility index (Phi) is 5.12. The maximum absolute atomic E-state index is 13.6. The van der Waals surface area contributed by atoms with Gasteiger partial charge in [-0.1, -0.05) is 48.5 Å². The number of halogens is 1. The van der Waals surface area contributed by atoms with Gasteiger partial charge in [-0.25, -0.2) is 9.37 Å². The van der Waals surface area contributed by atoms with E-state index in [2.05, 4.69) is 10.3 Å². The Labute approximate surface area is 138 Å². The van der Waals surface area contributed by atoms with Gasteiger partial charge in [0.1, 0.15) is 10.8 Å². The maximum Gasteiger partial charge on any atom is 0.129 e. The first-order chi connectivity index (χ1) is 11.2. The second-order valence-electron chi connectivity index (χ2n) is 5.16. The van der Waals surface area contributed by atoms with Crippen LogP contribution in [0.4, 0.5) is 4.39 Å². The quantitative estimate of drug-likeness (QED) is 0.724. The number of aromatic nitrogens is 1. The Bertz CT molecular complexity index is 760. The Morgan fingerprint density at radius 3 is 2.61 bits per heavy atom. The van der Waals surface area contributed by atoms with Gasteiger partial charge in [0.15, 0.2) is 0 Å². The molecule has 0 fully saturated rings. The van der Waals surface area contributed by atoms with Crippen molar-refractivity contribution in [2.75, 3.05) is 6.54 Å². The van der Waals surface area contributed by atoms with E-state index >= 15 is 0 Å². The topological polar surface area (TPSA) is 45.1 Å². The third-order valence-electron chi connectivity index (χ3n) is 3.50. The van der Waals surface area contributed by atoms with E-state index in [0.29, 0.717) is 12.1 Å². The summed E-state index contributed by atoms with van der Waals surface area (Å²) in [7, 11) is 0. The molecule has 1 unspecified atom stereocenters. The molecule has 0 saturated heterocycles. The lowest BCUT2D eigenvalue weighted by molar-refractivity contribution is 0.169. The molecule has 1 aromatic heterocycles. The lowest BCUT2D eigenvalue weighted by atomic mass is 10.1. The number of rotatable bonds is 6. The van der Waals surface area contributed by atoms with Gasteiger partial charge in [0.05, 0.1) is 11.8 Å². The minimum atomic E-state index is -0.871. The van der Waals surface area contributed by atoms with Gasteiger partial charge < -0.3 is 10.4 Å². The zero-order valence-corrected chi connectivity index (χ0v) is 13.3. The molecule has 3 rings (SSSR count). The van der Waals surface area contributed by atoms with E-state index in [1.807, 2.05) is 35.7 Å². The van der Waals surface area contributed by atoms with E-state index in [-0.39, 0.29) is 12.4 Å². The zero-order valence-electron chi connectivity index (χ0n) is 12.4. The molecule has 3 nitrogen and oxygen atoms in total. The van der Waals surface area contributed by atoms with Gasteiger partial charge in [-0.3, -0.25) is 0 Å². The van der Waals surface area contributed by atoms with E-state index < -0.39 is 6.10 Å². The predicted molar refractivity (Wildman–Crippen MR) is 90.6 cm³/mol. The second-order valence-corrected chi connectivity index (χ2v) is 6.10. The fraction of sp³-hybridized carbons (Fsp3) is 0.167. The third-order valence-corrected chi connectivity index (χ3v) is 4.35. The van der Waals surface area contributed by atoms with Gasteiger partial charge >= 0.3 is 0 Å². The standard InChI is InChI=1S/C18H17FN2OS/c19-15-9-5-4-8-14(15)17(22)10-20-11-18-21-16(12-23-18)13-6-2-1-3-7-13/h1-9,12,17,20,22H,10-11H2. The van der Waals surface area contributed by atoms with Gasteiger partial charge in [0.25, 0.3) is 0 Å². The Morgan fingerprint density at radius 1 is 1.09 bits per heavy atom. The summed E-state index contributed by atoms with van der Waals surface area (Å²) in [4.78, 5) is 4.57. The number of aliphatic hydroxyl groups excluding tert-OH is 1. The normalized spacial score (nSPS) is 12.3. The number of nitrogens with one attached hydrogen (secondary N) is 1. The fourth-order valence-corrected chi connectivity index (χ4v) is 3.08. The summed E-state index contributed by atoms with van der Waals surface area (Å²) in [6, 6.07) is 16.3. The Hall–Kier alpha value is -2.08. The van der Waals surface area contributed by atoms with Crippen LogP contribution in [0.3, 0.4) is 0 Å². The molecule has 1 atom stereocenters. The van der Waals surface area contributed by atoms with Crippen molar-refractivity contribution < 1.29 is 9.50 Å². The van der Waals surface area contributed by atoms with Gasteiger partial charge in [0.2, 0.25) is 0 Å².